The number of methoxy groups -OCH3 is 3. The molecule has 0 aromatic carbocycles. The van der Waals surface area contributed by atoms with Gasteiger partial charge in [-0.25, -0.2) is 19.8 Å². The van der Waals surface area contributed by atoms with E-state index in [-0.39, 0.29) is 36.2 Å². The van der Waals surface area contributed by atoms with Crippen molar-refractivity contribution in [2.75, 3.05) is 21.3 Å². The first-order valence-electron chi connectivity index (χ1n) is 15.8. The van der Waals surface area contributed by atoms with Crippen molar-refractivity contribution in [3.05, 3.63) is 91.9 Å². The molecule has 0 aliphatic carbocycles. The van der Waals surface area contributed by atoms with Crippen molar-refractivity contribution < 1.29 is 33.8 Å². The predicted octanol–water partition coefficient (Wildman–Crippen LogP) is 4.99. The van der Waals surface area contributed by atoms with Crippen molar-refractivity contribution in [1.29, 1.82) is 0 Å². The molecule has 5 rings (SSSR count). The number of nitrogens with one attached hydrogen (secondary N) is 2. The second kappa shape index (κ2) is 13.9. The summed E-state index contributed by atoms with van der Waals surface area (Å²) in [7, 11) is 3.96. The largest absolute Gasteiger partial charge is 0.469 e. The molecule has 0 amide bonds. The van der Waals surface area contributed by atoms with E-state index in [2.05, 4.69) is 10.8 Å². The molecule has 5 aliphatic heterocycles. The molecule has 2 atom stereocenters. The number of nitrogens with zero attached hydrogens (tertiary/aromatic N) is 3. The number of rotatable bonds is 8. The minimum Gasteiger partial charge on any atom is -0.469 e. The summed E-state index contributed by atoms with van der Waals surface area (Å²) in [5.74, 6) is -1.94. The van der Waals surface area contributed by atoms with E-state index in [9.17, 15) is 19.6 Å². The van der Waals surface area contributed by atoms with Crippen LogP contribution in [0.25, 0.3) is 0 Å². The lowest BCUT2D eigenvalue weighted by atomic mass is 9.84. The Morgan fingerprint density at radius 1 is 0.896 bits per heavy atom. The molecular weight excluding hydrogens is 614 g/mol. The molecule has 252 valence electrons. The van der Waals surface area contributed by atoms with Gasteiger partial charge in [0.15, 0.2) is 0 Å². The topological polar surface area (TPSA) is 160 Å². The van der Waals surface area contributed by atoms with E-state index in [0.717, 1.165) is 28.1 Å². The van der Waals surface area contributed by atoms with Gasteiger partial charge in [-0.1, -0.05) is 13.8 Å². The van der Waals surface area contributed by atoms with Gasteiger partial charge in [0.2, 0.25) is 0 Å². The number of hydrogen-bond acceptors (Lipinski definition) is 12. The molecule has 0 radical (unpaired) electrons. The summed E-state index contributed by atoms with van der Waals surface area (Å²) in [6, 6.07) is 0. The Balaban J connectivity index is 1.87. The maximum Gasteiger partial charge on any atom is 0.340 e. The van der Waals surface area contributed by atoms with Gasteiger partial charge < -0.3 is 19.5 Å². The SMILES string of the molecule is CCC1=C(C)C2=CC3=NC(=C(C)/C3=C/NO)C=C3NC(=C(CC(=O)OC)C4=NC(=CC1=N2)C(C)=C4C(=O)OC)C(CCC(=O)OC)C3C. The maximum absolute atomic E-state index is 13.4. The second-order valence-electron chi connectivity index (χ2n) is 12.0. The Labute approximate surface area is 279 Å². The lowest BCUT2D eigenvalue weighted by Gasteiger charge is -2.19. The van der Waals surface area contributed by atoms with E-state index in [4.69, 9.17) is 29.2 Å². The van der Waals surface area contributed by atoms with Crippen molar-refractivity contribution in [2.24, 2.45) is 26.8 Å². The van der Waals surface area contributed by atoms with Crippen molar-refractivity contribution in [2.45, 2.75) is 60.3 Å². The van der Waals surface area contributed by atoms with Crippen LogP contribution in [0.15, 0.2) is 107 Å². The van der Waals surface area contributed by atoms with Gasteiger partial charge in [0.1, 0.15) is 0 Å². The highest BCUT2D eigenvalue weighted by atomic mass is 16.5. The van der Waals surface area contributed by atoms with Crippen LogP contribution in [0, 0.1) is 11.8 Å². The summed E-state index contributed by atoms with van der Waals surface area (Å²) in [5, 5.41) is 13.2. The number of ether oxygens (including phenoxy) is 3. The molecule has 0 aromatic rings. The number of fused-ring (bicyclic) bond motifs is 5. The fourth-order valence-corrected chi connectivity index (χ4v) is 6.71. The highest BCUT2D eigenvalue weighted by Gasteiger charge is 2.40. The van der Waals surface area contributed by atoms with Crippen LogP contribution < -0.4 is 10.8 Å². The van der Waals surface area contributed by atoms with Gasteiger partial charge in [-0.2, -0.15) is 0 Å². The van der Waals surface area contributed by atoms with Crippen LogP contribution in [0.3, 0.4) is 0 Å². The van der Waals surface area contributed by atoms with Crippen LogP contribution >= 0.6 is 0 Å². The Kier molecular flexibility index (Phi) is 9.95. The molecule has 0 spiro atoms. The van der Waals surface area contributed by atoms with E-state index >= 15 is 0 Å². The predicted molar refractivity (Wildman–Crippen MR) is 181 cm³/mol. The van der Waals surface area contributed by atoms with Gasteiger partial charge >= 0.3 is 17.9 Å². The van der Waals surface area contributed by atoms with E-state index in [0.29, 0.717) is 63.8 Å². The highest BCUT2D eigenvalue weighted by Crippen LogP contribution is 2.43. The van der Waals surface area contributed by atoms with Gasteiger partial charge in [-0.3, -0.25) is 20.3 Å². The van der Waals surface area contributed by atoms with E-state index in [1.807, 2.05) is 45.9 Å². The first-order chi connectivity index (χ1) is 23.0. The number of aliphatic imine (C=N–C) groups is 3. The van der Waals surface area contributed by atoms with E-state index in [1.165, 1.54) is 27.5 Å². The number of hydrogen-bond donors (Lipinski definition) is 3. The second-order valence-corrected chi connectivity index (χ2v) is 12.0. The first-order valence-corrected chi connectivity index (χ1v) is 15.8. The molecule has 0 aromatic heterocycles. The van der Waals surface area contributed by atoms with Crippen LogP contribution in [0.1, 0.15) is 60.3 Å². The molecule has 12 heteroatoms. The Hall–Kier alpha value is -5.10. The average Bonchev–Trinajstić information content (AvgIpc) is 3.75. The summed E-state index contributed by atoms with van der Waals surface area (Å²) >= 11 is 0. The Bertz CT molecular complexity index is 1840. The number of hydroxylamine groups is 1. The minimum absolute atomic E-state index is 0.129. The van der Waals surface area contributed by atoms with Gasteiger partial charge in [0.25, 0.3) is 0 Å². The zero-order chi connectivity index (χ0) is 34.9. The Morgan fingerprint density at radius 3 is 2.23 bits per heavy atom. The monoisotopic (exact) mass is 655 g/mol. The number of carbonyl (C=O) groups excluding carboxylic acids is 3. The highest BCUT2D eigenvalue weighted by molar-refractivity contribution is 6.30. The van der Waals surface area contributed by atoms with Crippen molar-refractivity contribution in [3.8, 4) is 0 Å². The van der Waals surface area contributed by atoms with Crippen LogP contribution in [0.2, 0.25) is 0 Å². The number of esters is 3. The molecule has 8 bridgehead atoms. The molecule has 1 saturated heterocycles. The molecule has 2 unspecified atom stereocenters. The first kappa shape index (κ1) is 34.2. The van der Waals surface area contributed by atoms with Gasteiger partial charge in [0, 0.05) is 47.0 Å². The van der Waals surface area contributed by atoms with Crippen LogP contribution in [0.4, 0.5) is 0 Å². The third-order valence-corrected chi connectivity index (χ3v) is 9.50. The summed E-state index contributed by atoms with van der Waals surface area (Å²) < 4.78 is 15.3. The number of carbonyl (C=O) groups is 3. The van der Waals surface area contributed by atoms with Gasteiger partial charge in [0.05, 0.1) is 67.5 Å². The van der Waals surface area contributed by atoms with Crippen molar-refractivity contribution in [1.82, 2.24) is 10.8 Å². The molecular formula is C36H41N5O7. The zero-order valence-electron chi connectivity index (χ0n) is 28.5. The molecule has 5 heterocycles. The molecule has 48 heavy (non-hydrogen) atoms. The third kappa shape index (κ3) is 6.15. The van der Waals surface area contributed by atoms with Crippen LogP contribution in [-0.2, 0) is 28.6 Å². The van der Waals surface area contributed by atoms with Crippen LogP contribution in [0.5, 0.6) is 0 Å². The zero-order valence-corrected chi connectivity index (χ0v) is 28.5. The molecule has 12 nitrogen and oxygen atoms in total. The average molecular weight is 656 g/mol. The van der Waals surface area contributed by atoms with Crippen molar-refractivity contribution >= 4 is 35.0 Å². The molecule has 3 N–H and O–H groups in total. The Morgan fingerprint density at radius 2 is 1.58 bits per heavy atom. The lowest BCUT2D eigenvalue weighted by molar-refractivity contribution is -0.141. The van der Waals surface area contributed by atoms with Crippen LogP contribution in [-0.4, -0.2) is 61.6 Å². The third-order valence-electron chi connectivity index (χ3n) is 9.50. The molecule has 0 saturated carbocycles. The normalized spacial score (nSPS) is 22.6. The molecule has 5 aliphatic rings. The fourth-order valence-electron chi connectivity index (χ4n) is 6.71. The summed E-state index contributed by atoms with van der Waals surface area (Å²) in [6.45, 7) is 9.80. The van der Waals surface area contributed by atoms with Gasteiger partial charge in [-0.05, 0) is 74.1 Å². The van der Waals surface area contributed by atoms with Crippen molar-refractivity contribution in [3.63, 3.8) is 0 Å². The van der Waals surface area contributed by atoms with E-state index in [1.54, 1.807) is 6.92 Å². The van der Waals surface area contributed by atoms with E-state index < -0.39 is 11.9 Å². The quantitative estimate of drug-likeness (QED) is 0.186. The minimum atomic E-state index is -0.593. The summed E-state index contributed by atoms with van der Waals surface area (Å²) in [4.78, 5) is 53.7. The van der Waals surface area contributed by atoms with Gasteiger partial charge in [-0.15, -0.1) is 0 Å². The smallest absolute Gasteiger partial charge is 0.340 e. The fraction of sp³-hybridized carbons (Fsp3) is 0.389. The standard InChI is InChI=1S/C36H41N5O7/c1-9-21-17(2)26-14-30-24(16-37-45)19(4)25(39-30)13-27-18(3)22(10-11-31(42)46-6)34(40-27)23(12-32(43)47-7)35-33(36(44)48-8)20(5)28(41-35)15-29(21)38-26/h13-16,18,22,37,40,45H,9-12H2,1-8H3/b24-16-,26-14?,27-13?,28-15?,34-23?. The lowest BCUT2D eigenvalue weighted by Crippen LogP contribution is -2.23. The molecule has 1 fully saturated rings. The summed E-state index contributed by atoms with van der Waals surface area (Å²) in [5.41, 5.74) is 11.9. The summed E-state index contributed by atoms with van der Waals surface area (Å²) in [6.07, 6.45) is 8.20. The number of allylic oxidation sites excluding steroid dienone is 10. The maximum atomic E-state index is 13.4.